The van der Waals surface area contributed by atoms with Gasteiger partial charge in [0.05, 0.1) is 11.1 Å². The zero-order valence-electron chi connectivity index (χ0n) is 10.1. The predicted molar refractivity (Wildman–Crippen MR) is 67.2 cm³/mol. The van der Waals surface area contributed by atoms with E-state index in [0.717, 1.165) is 12.8 Å². The van der Waals surface area contributed by atoms with Crippen molar-refractivity contribution < 1.29 is 14.3 Å². The standard InChI is InChI=1S/C13H11ClN2O3/c14-10-5-8(6-11-12(10)19-7-18-11)13(17)16(4-3-15)9-1-2-9/h5-6,9H,1-2,4,7H2. The van der Waals surface area contributed by atoms with Crippen molar-refractivity contribution in [1.82, 2.24) is 4.90 Å². The van der Waals surface area contributed by atoms with Gasteiger partial charge in [-0.15, -0.1) is 0 Å². The molecule has 0 N–H and O–H groups in total. The van der Waals surface area contributed by atoms with Crippen LogP contribution in [0.25, 0.3) is 0 Å². The van der Waals surface area contributed by atoms with E-state index in [2.05, 4.69) is 0 Å². The predicted octanol–water partition coefficient (Wildman–Crippen LogP) is 2.20. The molecule has 1 aliphatic heterocycles. The highest BCUT2D eigenvalue weighted by atomic mass is 35.5. The number of benzene rings is 1. The lowest BCUT2D eigenvalue weighted by molar-refractivity contribution is 0.0764. The van der Waals surface area contributed by atoms with E-state index in [1.165, 1.54) is 0 Å². The van der Waals surface area contributed by atoms with Gasteiger partial charge >= 0.3 is 0 Å². The van der Waals surface area contributed by atoms with Crippen LogP contribution in [0.3, 0.4) is 0 Å². The molecule has 0 radical (unpaired) electrons. The van der Waals surface area contributed by atoms with E-state index in [-0.39, 0.29) is 25.3 Å². The summed E-state index contributed by atoms with van der Waals surface area (Å²) in [4.78, 5) is 14.0. The second-order valence-electron chi connectivity index (χ2n) is 4.51. The van der Waals surface area contributed by atoms with Gasteiger partial charge in [-0.3, -0.25) is 4.79 Å². The maximum atomic E-state index is 12.4. The number of hydrogen-bond acceptors (Lipinski definition) is 4. The summed E-state index contributed by atoms with van der Waals surface area (Å²) in [5.41, 5.74) is 0.427. The molecule has 1 aliphatic carbocycles. The fourth-order valence-electron chi connectivity index (χ4n) is 2.09. The van der Waals surface area contributed by atoms with Crippen molar-refractivity contribution in [2.24, 2.45) is 0 Å². The molecule has 5 nitrogen and oxygen atoms in total. The van der Waals surface area contributed by atoms with Crippen molar-refractivity contribution in [3.05, 3.63) is 22.7 Å². The minimum atomic E-state index is -0.191. The topological polar surface area (TPSA) is 62.6 Å². The van der Waals surface area contributed by atoms with Crippen LogP contribution in [0.4, 0.5) is 0 Å². The van der Waals surface area contributed by atoms with Crippen molar-refractivity contribution in [3.63, 3.8) is 0 Å². The summed E-state index contributed by atoms with van der Waals surface area (Å²) in [6.45, 7) is 0.201. The van der Waals surface area contributed by atoms with Crippen LogP contribution in [0.2, 0.25) is 5.02 Å². The fourth-order valence-corrected chi connectivity index (χ4v) is 2.35. The second kappa shape index (κ2) is 4.63. The van der Waals surface area contributed by atoms with Gasteiger partial charge in [0, 0.05) is 11.6 Å². The number of nitrogens with zero attached hydrogens (tertiary/aromatic N) is 2. The number of nitriles is 1. The number of carbonyl (C=O) groups excluding carboxylic acids is 1. The van der Waals surface area contributed by atoms with Crippen molar-refractivity contribution in [2.45, 2.75) is 18.9 Å². The molecule has 0 aromatic heterocycles. The Morgan fingerprint density at radius 3 is 2.95 bits per heavy atom. The molecule has 0 unspecified atom stereocenters. The molecule has 6 heteroatoms. The average molecular weight is 279 g/mol. The largest absolute Gasteiger partial charge is 0.454 e. The Kier molecular flexibility index (Phi) is 2.96. The lowest BCUT2D eigenvalue weighted by Gasteiger charge is -2.19. The number of hydrogen-bond donors (Lipinski definition) is 0. The third kappa shape index (κ3) is 2.20. The van der Waals surface area contributed by atoms with Crippen LogP contribution in [0, 0.1) is 11.3 Å². The number of ether oxygens (including phenoxy) is 2. The lowest BCUT2D eigenvalue weighted by atomic mass is 10.1. The molecule has 98 valence electrons. The van der Waals surface area contributed by atoms with Crippen LogP contribution in [-0.2, 0) is 0 Å². The minimum Gasteiger partial charge on any atom is -0.454 e. The van der Waals surface area contributed by atoms with Crippen molar-refractivity contribution in [1.29, 1.82) is 5.26 Å². The van der Waals surface area contributed by atoms with Crippen LogP contribution in [-0.4, -0.2) is 30.2 Å². The monoisotopic (exact) mass is 278 g/mol. The molecule has 1 fully saturated rings. The first-order chi connectivity index (χ1) is 9.20. The Morgan fingerprint density at radius 1 is 1.47 bits per heavy atom. The summed E-state index contributed by atoms with van der Waals surface area (Å²) >= 11 is 6.06. The molecule has 3 rings (SSSR count). The van der Waals surface area contributed by atoms with E-state index in [4.69, 9.17) is 26.3 Å². The summed E-state index contributed by atoms with van der Waals surface area (Å²) in [7, 11) is 0. The van der Waals surface area contributed by atoms with E-state index < -0.39 is 0 Å². The van der Waals surface area contributed by atoms with E-state index in [0.29, 0.717) is 22.1 Å². The molecular formula is C13H11ClN2O3. The maximum Gasteiger partial charge on any atom is 0.255 e. The van der Waals surface area contributed by atoms with Crippen LogP contribution < -0.4 is 9.47 Å². The van der Waals surface area contributed by atoms with Crippen molar-refractivity contribution in [3.8, 4) is 17.6 Å². The second-order valence-corrected chi connectivity index (χ2v) is 4.92. The Morgan fingerprint density at radius 2 is 2.26 bits per heavy atom. The van der Waals surface area contributed by atoms with E-state index in [9.17, 15) is 4.79 Å². The molecule has 0 saturated heterocycles. The molecule has 0 bridgehead atoms. The highest BCUT2D eigenvalue weighted by Crippen LogP contribution is 2.40. The number of amides is 1. The molecule has 0 spiro atoms. The highest BCUT2D eigenvalue weighted by Gasteiger charge is 2.33. The van der Waals surface area contributed by atoms with Gasteiger partial charge in [0.1, 0.15) is 6.54 Å². The highest BCUT2D eigenvalue weighted by molar-refractivity contribution is 6.32. The summed E-state index contributed by atoms with van der Waals surface area (Å²) in [5.74, 6) is 0.754. The zero-order valence-corrected chi connectivity index (χ0v) is 10.8. The fraction of sp³-hybridized carbons (Fsp3) is 0.385. The van der Waals surface area contributed by atoms with E-state index in [1.54, 1.807) is 17.0 Å². The van der Waals surface area contributed by atoms with Gasteiger partial charge in [-0.1, -0.05) is 11.6 Å². The van der Waals surface area contributed by atoms with Crippen LogP contribution in [0.5, 0.6) is 11.5 Å². The SMILES string of the molecule is N#CCN(C(=O)c1cc(Cl)c2c(c1)OCO2)C1CC1. The molecule has 1 amide bonds. The Labute approximate surface area is 115 Å². The van der Waals surface area contributed by atoms with Crippen LogP contribution in [0.1, 0.15) is 23.2 Å². The van der Waals surface area contributed by atoms with Gasteiger partial charge in [-0.2, -0.15) is 5.26 Å². The number of halogens is 1. The molecule has 1 saturated carbocycles. The normalized spacial score (nSPS) is 16.0. The quantitative estimate of drug-likeness (QED) is 0.795. The molecule has 2 aliphatic rings. The lowest BCUT2D eigenvalue weighted by Crippen LogP contribution is -2.33. The third-order valence-corrected chi connectivity index (χ3v) is 3.44. The van der Waals surface area contributed by atoms with Gasteiger partial charge in [0.25, 0.3) is 5.91 Å². The first-order valence-electron chi connectivity index (χ1n) is 5.98. The van der Waals surface area contributed by atoms with Gasteiger partial charge in [0.15, 0.2) is 11.5 Å². The number of fused-ring (bicyclic) bond motifs is 1. The van der Waals surface area contributed by atoms with E-state index >= 15 is 0 Å². The first-order valence-corrected chi connectivity index (χ1v) is 6.35. The number of rotatable bonds is 3. The van der Waals surface area contributed by atoms with Gasteiger partial charge in [-0.25, -0.2) is 0 Å². The zero-order chi connectivity index (χ0) is 13.4. The van der Waals surface area contributed by atoms with Gasteiger partial charge < -0.3 is 14.4 Å². The summed E-state index contributed by atoms with van der Waals surface area (Å²) in [6.07, 6.45) is 1.90. The molecular weight excluding hydrogens is 268 g/mol. The Bertz CT molecular complexity index is 578. The smallest absolute Gasteiger partial charge is 0.255 e. The van der Waals surface area contributed by atoms with Crippen LogP contribution >= 0.6 is 11.6 Å². The molecule has 1 heterocycles. The first kappa shape index (κ1) is 12.1. The van der Waals surface area contributed by atoms with Crippen molar-refractivity contribution in [2.75, 3.05) is 13.3 Å². The minimum absolute atomic E-state index is 0.0928. The third-order valence-electron chi connectivity index (χ3n) is 3.16. The summed E-state index contributed by atoms with van der Waals surface area (Å²) < 4.78 is 10.4. The summed E-state index contributed by atoms with van der Waals surface area (Å²) in [5, 5.41) is 9.16. The van der Waals surface area contributed by atoms with Gasteiger partial charge in [0.2, 0.25) is 6.79 Å². The molecule has 1 aromatic rings. The Balaban J connectivity index is 1.91. The Hall–Kier alpha value is -1.93. The number of carbonyl (C=O) groups is 1. The van der Waals surface area contributed by atoms with Crippen molar-refractivity contribution >= 4 is 17.5 Å². The molecule has 0 atom stereocenters. The molecule has 19 heavy (non-hydrogen) atoms. The van der Waals surface area contributed by atoms with Crippen LogP contribution in [0.15, 0.2) is 12.1 Å². The van der Waals surface area contributed by atoms with Gasteiger partial charge in [-0.05, 0) is 25.0 Å². The maximum absolute atomic E-state index is 12.4. The average Bonchev–Trinajstić information content (AvgIpc) is 3.12. The van der Waals surface area contributed by atoms with E-state index in [1.807, 2.05) is 6.07 Å². The molecule has 1 aromatic carbocycles. The summed E-state index contributed by atoms with van der Waals surface area (Å²) in [6, 6.07) is 5.37.